The fourth-order valence-electron chi connectivity index (χ4n) is 1.63. The van der Waals surface area contributed by atoms with Crippen LogP contribution < -0.4 is 11.1 Å². The first kappa shape index (κ1) is 17.9. The molecule has 2 atom stereocenters. The molecule has 0 aromatic heterocycles. The van der Waals surface area contributed by atoms with E-state index in [1.807, 2.05) is 19.9 Å². The summed E-state index contributed by atoms with van der Waals surface area (Å²) in [6.45, 7) is 5.42. The van der Waals surface area contributed by atoms with Crippen LogP contribution in [0, 0.1) is 12.7 Å². The Morgan fingerprint density at radius 2 is 2.05 bits per heavy atom. The van der Waals surface area contributed by atoms with Crippen LogP contribution >= 0.6 is 12.4 Å². The molecule has 0 aliphatic rings. The second kappa shape index (κ2) is 8.12. The Bertz CT molecular complexity index is 424. The van der Waals surface area contributed by atoms with E-state index in [0.29, 0.717) is 18.4 Å². The normalized spacial score (nSPS) is 13.3. The molecule has 19 heavy (non-hydrogen) atoms. The molecule has 1 amide bonds. The van der Waals surface area contributed by atoms with Gasteiger partial charge >= 0.3 is 0 Å². The molecule has 3 nitrogen and oxygen atoms in total. The Hall–Kier alpha value is -1.13. The highest BCUT2D eigenvalue weighted by Crippen LogP contribution is 2.16. The minimum atomic E-state index is -0.246. The quantitative estimate of drug-likeness (QED) is 0.875. The van der Waals surface area contributed by atoms with Gasteiger partial charge in [-0.05, 0) is 44.4 Å². The van der Waals surface area contributed by atoms with E-state index >= 15 is 0 Å². The molecule has 0 saturated heterocycles. The number of rotatable bonds is 5. The first-order valence-electron chi connectivity index (χ1n) is 6.21. The lowest BCUT2D eigenvalue weighted by Gasteiger charge is -2.15. The van der Waals surface area contributed by atoms with Gasteiger partial charge in [0.25, 0.3) is 0 Å². The lowest BCUT2D eigenvalue weighted by molar-refractivity contribution is -0.121. The topological polar surface area (TPSA) is 55.1 Å². The molecule has 0 heterocycles. The van der Waals surface area contributed by atoms with Crippen molar-refractivity contribution in [2.45, 2.75) is 45.7 Å². The number of nitrogens with one attached hydrogen (secondary N) is 1. The van der Waals surface area contributed by atoms with E-state index < -0.39 is 0 Å². The van der Waals surface area contributed by atoms with Gasteiger partial charge in [0.2, 0.25) is 5.91 Å². The molecule has 0 fully saturated rings. The monoisotopic (exact) mass is 288 g/mol. The van der Waals surface area contributed by atoms with Crippen LogP contribution in [0.15, 0.2) is 18.2 Å². The average molecular weight is 289 g/mol. The molecule has 0 radical (unpaired) electrons. The third-order valence-electron chi connectivity index (χ3n) is 2.90. The molecule has 3 N–H and O–H groups in total. The van der Waals surface area contributed by atoms with Crippen LogP contribution in [0.25, 0.3) is 0 Å². The number of benzene rings is 1. The highest BCUT2D eigenvalue weighted by molar-refractivity contribution is 5.85. The van der Waals surface area contributed by atoms with Gasteiger partial charge in [-0.2, -0.15) is 0 Å². The number of amides is 1. The van der Waals surface area contributed by atoms with Gasteiger partial charge in [-0.1, -0.05) is 12.1 Å². The molecule has 0 spiro atoms. The van der Waals surface area contributed by atoms with E-state index in [1.165, 1.54) is 6.07 Å². The van der Waals surface area contributed by atoms with Gasteiger partial charge in [0.05, 0.1) is 6.04 Å². The van der Waals surface area contributed by atoms with Crippen LogP contribution in [0.1, 0.15) is 43.9 Å². The SMILES string of the molecule is Cc1ccc(C(C)NC(=O)CCC(C)N)cc1F.Cl. The Kier molecular flexibility index (Phi) is 7.64. The van der Waals surface area contributed by atoms with Crippen molar-refractivity contribution in [2.24, 2.45) is 5.73 Å². The zero-order chi connectivity index (χ0) is 13.7. The highest BCUT2D eigenvalue weighted by atomic mass is 35.5. The summed E-state index contributed by atoms with van der Waals surface area (Å²) >= 11 is 0. The van der Waals surface area contributed by atoms with Crippen molar-refractivity contribution < 1.29 is 9.18 Å². The standard InChI is InChI=1S/C14H21FN2O.ClH/c1-9-4-6-12(8-13(9)15)11(3)17-14(18)7-5-10(2)16;/h4,6,8,10-11H,5,7,16H2,1-3H3,(H,17,18);1H. The van der Waals surface area contributed by atoms with Crippen LogP contribution in [0.2, 0.25) is 0 Å². The third kappa shape index (κ3) is 6.03. The van der Waals surface area contributed by atoms with E-state index in [1.54, 1.807) is 13.0 Å². The first-order chi connectivity index (χ1) is 8.40. The number of carbonyl (C=O) groups excluding carboxylic acids is 1. The summed E-state index contributed by atoms with van der Waals surface area (Å²) in [5.74, 6) is -0.301. The van der Waals surface area contributed by atoms with Crippen molar-refractivity contribution in [1.82, 2.24) is 5.32 Å². The fourth-order valence-corrected chi connectivity index (χ4v) is 1.63. The van der Waals surface area contributed by atoms with E-state index in [9.17, 15) is 9.18 Å². The van der Waals surface area contributed by atoms with Crippen LogP contribution in [0.4, 0.5) is 4.39 Å². The summed E-state index contributed by atoms with van der Waals surface area (Å²) in [6.07, 6.45) is 1.05. The second-order valence-corrected chi connectivity index (χ2v) is 4.81. The van der Waals surface area contributed by atoms with Gasteiger partial charge in [-0.15, -0.1) is 12.4 Å². The molecule has 0 aliphatic carbocycles. The highest BCUT2D eigenvalue weighted by Gasteiger charge is 2.11. The molecule has 1 aromatic carbocycles. The lowest BCUT2D eigenvalue weighted by atomic mass is 10.1. The molecule has 5 heteroatoms. The van der Waals surface area contributed by atoms with Crippen molar-refractivity contribution >= 4 is 18.3 Å². The molecule has 1 rings (SSSR count). The lowest BCUT2D eigenvalue weighted by Crippen LogP contribution is -2.28. The summed E-state index contributed by atoms with van der Waals surface area (Å²) in [5, 5.41) is 2.84. The summed E-state index contributed by atoms with van der Waals surface area (Å²) in [5.41, 5.74) is 6.97. The third-order valence-corrected chi connectivity index (χ3v) is 2.90. The summed E-state index contributed by atoms with van der Waals surface area (Å²) in [4.78, 5) is 11.6. The van der Waals surface area contributed by atoms with E-state index in [0.717, 1.165) is 5.56 Å². The van der Waals surface area contributed by atoms with Crippen LogP contribution in [0.5, 0.6) is 0 Å². The number of halogens is 2. The van der Waals surface area contributed by atoms with Crippen molar-refractivity contribution in [3.05, 3.63) is 35.1 Å². The minimum Gasteiger partial charge on any atom is -0.350 e. The number of nitrogens with two attached hydrogens (primary N) is 1. The Morgan fingerprint density at radius 3 is 2.58 bits per heavy atom. The maximum Gasteiger partial charge on any atom is 0.220 e. The summed E-state index contributed by atoms with van der Waals surface area (Å²) < 4.78 is 13.4. The number of carbonyl (C=O) groups is 1. The molecule has 2 unspecified atom stereocenters. The van der Waals surface area contributed by atoms with Crippen LogP contribution in [0.3, 0.4) is 0 Å². The molecule has 0 saturated carbocycles. The number of hydrogen-bond donors (Lipinski definition) is 2. The zero-order valence-corrected chi connectivity index (χ0v) is 12.4. The van der Waals surface area contributed by atoms with Crippen LogP contribution in [-0.4, -0.2) is 11.9 Å². The molecule has 0 aliphatic heterocycles. The molecule has 1 aromatic rings. The Labute approximate surface area is 120 Å². The minimum absolute atomic E-state index is 0. The van der Waals surface area contributed by atoms with Gasteiger partial charge in [-0.3, -0.25) is 4.79 Å². The van der Waals surface area contributed by atoms with Gasteiger partial charge < -0.3 is 11.1 Å². The average Bonchev–Trinajstić information content (AvgIpc) is 2.30. The van der Waals surface area contributed by atoms with E-state index in [4.69, 9.17) is 5.73 Å². The Balaban J connectivity index is 0.00000324. The van der Waals surface area contributed by atoms with Gasteiger partial charge in [0.15, 0.2) is 0 Å². The number of aryl methyl sites for hydroxylation is 1. The van der Waals surface area contributed by atoms with Gasteiger partial charge in [-0.25, -0.2) is 4.39 Å². The smallest absolute Gasteiger partial charge is 0.220 e. The van der Waals surface area contributed by atoms with Crippen molar-refractivity contribution in [3.8, 4) is 0 Å². The number of hydrogen-bond acceptors (Lipinski definition) is 2. The summed E-state index contributed by atoms with van der Waals surface area (Å²) in [6, 6.07) is 4.83. The fraction of sp³-hybridized carbons (Fsp3) is 0.500. The van der Waals surface area contributed by atoms with E-state index in [-0.39, 0.29) is 36.2 Å². The first-order valence-corrected chi connectivity index (χ1v) is 6.21. The Morgan fingerprint density at radius 1 is 1.42 bits per heavy atom. The predicted molar refractivity (Wildman–Crippen MR) is 77.8 cm³/mol. The molecule has 108 valence electrons. The molecular weight excluding hydrogens is 267 g/mol. The molecule has 0 bridgehead atoms. The van der Waals surface area contributed by atoms with Crippen molar-refractivity contribution in [2.75, 3.05) is 0 Å². The van der Waals surface area contributed by atoms with Gasteiger partial charge in [0, 0.05) is 12.5 Å². The van der Waals surface area contributed by atoms with Crippen LogP contribution in [-0.2, 0) is 4.79 Å². The predicted octanol–water partition coefficient (Wildman–Crippen LogP) is 2.86. The zero-order valence-electron chi connectivity index (χ0n) is 11.6. The van der Waals surface area contributed by atoms with Crippen molar-refractivity contribution in [1.29, 1.82) is 0 Å². The maximum absolute atomic E-state index is 13.4. The largest absolute Gasteiger partial charge is 0.350 e. The molecular formula is C14H22ClFN2O. The van der Waals surface area contributed by atoms with Crippen molar-refractivity contribution in [3.63, 3.8) is 0 Å². The summed E-state index contributed by atoms with van der Waals surface area (Å²) in [7, 11) is 0. The second-order valence-electron chi connectivity index (χ2n) is 4.81. The maximum atomic E-state index is 13.4. The van der Waals surface area contributed by atoms with E-state index in [2.05, 4.69) is 5.32 Å². The van der Waals surface area contributed by atoms with Gasteiger partial charge in [0.1, 0.15) is 5.82 Å².